The van der Waals surface area contributed by atoms with E-state index >= 15 is 0 Å². The van der Waals surface area contributed by atoms with Crippen molar-refractivity contribution in [1.82, 2.24) is 4.90 Å². The number of rotatable bonds is 6. The number of hydrogen-bond acceptors (Lipinski definition) is 4. The van der Waals surface area contributed by atoms with Crippen LogP contribution in [-0.4, -0.2) is 44.2 Å². The first-order valence-electron chi connectivity index (χ1n) is 4.01. The van der Waals surface area contributed by atoms with Crippen LogP contribution < -0.4 is 17.2 Å². The van der Waals surface area contributed by atoms with Crippen molar-refractivity contribution in [3.8, 4) is 0 Å². The Morgan fingerprint density at radius 3 is 1.23 bits per heavy atom. The van der Waals surface area contributed by atoms with Gasteiger partial charge in [0.1, 0.15) is 0 Å². The molecule has 0 aromatic rings. The van der Waals surface area contributed by atoms with Gasteiger partial charge >= 0.3 is 49.4 Å². The summed E-state index contributed by atoms with van der Waals surface area (Å²) in [6, 6.07) is 0. The Bertz CT molecular complexity index is 74.8. The van der Waals surface area contributed by atoms with Gasteiger partial charge in [-0.1, -0.05) is 0 Å². The summed E-state index contributed by atoms with van der Waals surface area (Å²) in [6.07, 6.45) is 0. The number of nitrogens with two attached hydrogens (primary N) is 3. The van der Waals surface area contributed by atoms with Crippen molar-refractivity contribution in [2.45, 2.75) is 0 Å². The zero-order valence-electron chi connectivity index (χ0n) is 7.63. The van der Waals surface area contributed by atoms with Crippen molar-refractivity contribution < 1.29 is 9.47 Å². The van der Waals surface area contributed by atoms with Gasteiger partial charge in [-0.2, -0.15) is 0 Å². The molecule has 0 aromatic heterocycles. The second-order valence-corrected chi connectivity index (χ2v) is 14.1. The second-order valence-electron chi connectivity index (χ2n) is 2.27. The van der Waals surface area contributed by atoms with Crippen LogP contribution in [0, 0.1) is 0 Å². The minimum absolute atomic E-state index is 0.628. The Morgan fingerprint density at radius 2 is 1.08 bits per heavy atom. The van der Waals surface area contributed by atoms with Crippen molar-refractivity contribution in [2.75, 3.05) is 39.3 Å². The Hall–Kier alpha value is 1.88. The molecule has 0 saturated carbocycles. The summed E-state index contributed by atoms with van der Waals surface area (Å²) in [4.78, 5) is 2.17. The predicted octanol–water partition coefficient (Wildman–Crippen LogP) is -0.0666. The Balaban J connectivity index is 0. The van der Waals surface area contributed by atoms with E-state index in [9.17, 15) is 0 Å². The Labute approximate surface area is 110 Å². The molecule has 0 unspecified atom stereocenters. The fraction of sp³-hybridized carbons (Fsp3) is 1.00. The van der Waals surface area contributed by atoms with Gasteiger partial charge in [-0.15, -0.1) is 0 Å². The molecular weight excluding hydrogens is 433 g/mol. The zero-order chi connectivity index (χ0) is 10.5. The standard InChI is InChI=1S/C6H18N4.2HI.V/c7-1-4-10(5-2-8)6-3-9;;;/h1-9H2;2*1H;/q;;;+2/p-2. The van der Waals surface area contributed by atoms with Crippen LogP contribution in [0.3, 0.4) is 0 Å². The first-order chi connectivity index (χ1) is 6.26. The number of halogens is 2. The van der Waals surface area contributed by atoms with Gasteiger partial charge in [0.15, 0.2) is 0 Å². The summed E-state index contributed by atoms with van der Waals surface area (Å²) in [5.74, 6) is 0. The van der Waals surface area contributed by atoms with Crippen molar-refractivity contribution in [1.29, 1.82) is 0 Å². The molecule has 13 heavy (non-hydrogen) atoms. The van der Waals surface area contributed by atoms with E-state index < -0.39 is 0 Å². The van der Waals surface area contributed by atoms with E-state index in [1.165, 1.54) is 0 Å². The summed E-state index contributed by atoms with van der Waals surface area (Å²) in [7, 11) is 0.628. The molecule has 7 heteroatoms. The summed E-state index contributed by atoms with van der Waals surface area (Å²) in [5, 5.41) is 0. The predicted molar refractivity (Wildman–Crippen MR) is 71.6 cm³/mol. The topological polar surface area (TPSA) is 81.3 Å². The molecule has 0 aliphatic carbocycles. The molecule has 0 rings (SSSR count). The SMILES string of the molecule is NCCN(CCN)CCN.[I][V][I]. The molecule has 0 radical (unpaired) electrons. The summed E-state index contributed by atoms with van der Waals surface area (Å²) in [5.41, 5.74) is 16.1. The van der Waals surface area contributed by atoms with Crippen LogP contribution in [0.5, 0.6) is 0 Å². The molecule has 81 valence electrons. The molecule has 0 amide bonds. The van der Waals surface area contributed by atoms with Crippen LogP contribution in [0.1, 0.15) is 0 Å². The van der Waals surface area contributed by atoms with E-state index in [4.69, 9.17) is 17.2 Å². The van der Waals surface area contributed by atoms with Crippen molar-refractivity contribution in [3.05, 3.63) is 0 Å². The first-order valence-corrected chi connectivity index (χ1v) is 13.0. The van der Waals surface area contributed by atoms with E-state index in [2.05, 4.69) is 44.9 Å². The maximum atomic E-state index is 5.37. The fourth-order valence-corrected chi connectivity index (χ4v) is 0.883. The summed E-state index contributed by atoms with van der Waals surface area (Å²) >= 11 is 4.74. The molecule has 6 N–H and O–H groups in total. The van der Waals surface area contributed by atoms with Crippen LogP contribution in [-0.2, 0) is 9.47 Å². The Kier molecular flexibility index (Phi) is 21.7. The average Bonchev–Trinajstić information content (AvgIpc) is 2.07. The van der Waals surface area contributed by atoms with Crippen LogP contribution >= 0.6 is 40.0 Å². The molecule has 0 saturated heterocycles. The third kappa shape index (κ3) is 16.6. The molecule has 0 aliphatic rings. The molecule has 0 fully saturated rings. The second kappa shape index (κ2) is 16.3. The number of nitrogens with zero attached hydrogens (tertiary/aromatic N) is 1. The van der Waals surface area contributed by atoms with Gasteiger partial charge < -0.3 is 17.2 Å². The molecule has 0 heterocycles. The van der Waals surface area contributed by atoms with Crippen molar-refractivity contribution in [2.24, 2.45) is 17.2 Å². The van der Waals surface area contributed by atoms with E-state index in [1.54, 1.807) is 0 Å². The van der Waals surface area contributed by atoms with Gasteiger partial charge in [0.2, 0.25) is 0 Å². The fourth-order valence-electron chi connectivity index (χ4n) is 0.883. The van der Waals surface area contributed by atoms with Crippen molar-refractivity contribution >= 4 is 40.0 Å². The maximum absolute atomic E-state index is 5.37. The van der Waals surface area contributed by atoms with E-state index in [0.717, 1.165) is 19.6 Å². The summed E-state index contributed by atoms with van der Waals surface area (Å²) in [6.45, 7) is 4.73. The molecule has 0 spiro atoms. The quantitative estimate of drug-likeness (QED) is 0.495. The molecular formula is C6H18I2N4V. The number of hydrogen-bond donors (Lipinski definition) is 3. The summed E-state index contributed by atoms with van der Waals surface area (Å²) < 4.78 is 0. The molecule has 0 aliphatic heterocycles. The molecule has 0 atom stereocenters. The molecule has 4 nitrogen and oxygen atoms in total. The van der Waals surface area contributed by atoms with Gasteiger partial charge in [0, 0.05) is 39.3 Å². The average molecular weight is 451 g/mol. The van der Waals surface area contributed by atoms with Gasteiger partial charge in [-0.25, -0.2) is 0 Å². The normalized spacial score (nSPS) is 9.38. The van der Waals surface area contributed by atoms with Crippen LogP contribution in [0.2, 0.25) is 0 Å². The van der Waals surface area contributed by atoms with Crippen LogP contribution in [0.25, 0.3) is 0 Å². The molecule has 0 bridgehead atoms. The molecule has 0 aromatic carbocycles. The minimum atomic E-state index is 0.628. The zero-order valence-corrected chi connectivity index (χ0v) is 13.3. The van der Waals surface area contributed by atoms with Gasteiger partial charge in [0.05, 0.1) is 0 Å². The monoisotopic (exact) mass is 451 g/mol. The third-order valence-electron chi connectivity index (χ3n) is 1.34. The first kappa shape index (κ1) is 17.3. The van der Waals surface area contributed by atoms with Crippen LogP contribution in [0.4, 0.5) is 0 Å². The van der Waals surface area contributed by atoms with E-state index in [1.807, 2.05) is 0 Å². The third-order valence-corrected chi connectivity index (χ3v) is 1.34. The van der Waals surface area contributed by atoms with Gasteiger partial charge in [-0.3, -0.25) is 4.90 Å². The van der Waals surface area contributed by atoms with Crippen LogP contribution in [0.15, 0.2) is 0 Å². The van der Waals surface area contributed by atoms with Gasteiger partial charge in [-0.05, 0) is 0 Å². The van der Waals surface area contributed by atoms with E-state index in [-0.39, 0.29) is 0 Å². The Morgan fingerprint density at radius 1 is 0.846 bits per heavy atom. The van der Waals surface area contributed by atoms with Gasteiger partial charge in [0.25, 0.3) is 0 Å². The van der Waals surface area contributed by atoms with E-state index in [0.29, 0.717) is 29.1 Å². The van der Waals surface area contributed by atoms with Crippen molar-refractivity contribution in [3.63, 3.8) is 0 Å².